The zero-order chi connectivity index (χ0) is 13.0. The van der Waals surface area contributed by atoms with Gasteiger partial charge in [-0.2, -0.15) is 11.8 Å². The fourth-order valence-electron chi connectivity index (χ4n) is 2.34. The van der Waals surface area contributed by atoms with E-state index in [1.807, 2.05) is 11.8 Å². The first-order chi connectivity index (χ1) is 8.66. The summed E-state index contributed by atoms with van der Waals surface area (Å²) >= 11 is 1.81. The van der Waals surface area contributed by atoms with Crippen LogP contribution in [0.1, 0.15) is 36.8 Å². The lowest BCUT2D eigenvalue weighted by Crippen LogP contribution is -2.11. The van der Waals surface area contributed by atoms with Crippen LogP contribution < -0.4 is 5.73 Å². The molecule has 98 valence electrons. The van der Waals surface area contributed by atoms with Crippen LogP contribution >= 0.6 is 11.8 Å². The Morgan fingerprint density at radius 2 is 2.11 bits per heavy atom. The van der Waals surface area contributed by atoms with Crippen molar-refractivity contribution in [2.75, 3.05) is 5.75 Å². The molecule has 0 aromatic heterocycles. The van der Waals surface area contributed by atoms with Crippen molar-refractivity contribution in [1.82, 2.24) is 0 Å². The summed E-state index contributed by atoms with van der Waals surface area (Å²) in [5.41, 5.74) is 6.49. The van der Waals surface area contributed by atoms with Crippen LogP contribution in [-0.2, 0) is 5.75 Å². The van der Waals surface area contributed by atoms with Crippen LogP contribution in [0.15, 0.2) is 18.2 Å². The van der Waals surface area contributed by atoms with Gasteiger partial charge < -0.3 is 5.73 Å². The second-order valence-corrected chi connectivity index (χ2v) is 5.92. The highest BCUT2D eigenvalue weighted by atomic mass is 32.2. The average Bonchev–Trinajstić information content (AvgIpc) is 2.84. The van der Waals surface area contributed by atoms with E-state index in [1.165, 1.54) is 31.7 Å². The highest BCUT2D eigenvalue weighted by Crippen LogP contribution is 2.29. The number of nitrogens with one attached hydrogen (secondary N) is 1. The van der Waals surface area contributed by atoms with Gasteiger partial charge in [-0.1, -0.05) is 25.0 Å². The van der Waals surface area contributed by atoms with Gasteiger partial charge in [0, 0.05) is 11.3 Å². The maximum Gasteiger partial charge on any atom is 0.127 e. The van der Waals surface area contributed by atoms with Gasteiger partial charge in [-0.15, -0.1) is 0 Å². The Bertz CT molecular complexity index is 428. The van der Waals surface area contributed by atoms with Gasteiger partial charge in [0.05, 0.1) is 0 Å². The van der Waals surface area contributed by atoms with Crippen LogP contribution in [0.5, 0.6) is 0 Å². The zero-order valence-corrected chi connectivity index (χ0v) is 11.2. The van der Waals surface area contributed by atoms with E-state index in [1.54, 1.807) is 12.1 Å². The Balaban J connectivity index is 1.87. The van der Waals surface area contributed by atoms with Crippen LogP contribution in [0, 0.1) is 17.1 Å². The number of thioether (sulfide) groups is 1. The van der Waals surface area contributed by atoms with Crippen LogP contribution in [-0.4, -0.2) is 11.6 Å². The quantitative estimate of drug-likeness (QED) is 0.632. The minimum atomic E-state index is -0.248. The summed E-state index contributed by atoms with van der Waals surface area (Å²) in [6.07, 6.45) is 5.37. The lowest BCUT2D eigenvalue weighted by Gasteiger charge is -2.09. The number of rotatable bonds is 5. The molecule has 1 fully saturated rings. The summed E-state index contributed by atoms with van der Waals surface area (Å²) in [5.74, 6) is 2.34. The Hall–Kier alpha value is -1.03. The highest BCUT2D eigenvalue weighted by molar-refractivity contribution is 7.98. The van der Waals surface area contributed by atoms with Crippen LogP contribution in [0.4, 0.5) is 4.39 Å². The maximum atomic E-state index is 13.7. The van der Waals surface area contributed by atoms with E-state index < -0.39 is 0 Å². The summed E-state index contributed by atoms with van der Waals surface area (Å²) in [4.78, 5) is 0. The van der Waals surface area contributed by atoms with Crippen molar-refractivity contribution in [1.29, 1.82) is 5.41 Å². The number of nitrogen functional groups attached to an aromatic ring is 1. The standard InChI is InChI=1S/C14H19FN2S/c15-13-7-11(14(16)17)5-6-12(13)9-18-8-10-3-1-2-4-10/h5-7,10H,1-4,8-9H2,(H3,16,17). The smallest absolute Gasteiger partial charge is 0.127 e. The van der Waals surface area contributed by atoms with Gasteiger partial charge in [-0.25, -0.2) is 4.39 Å². The molecule has 0 saturated heterocycles. The summed E-state index contributed by atoms with van der Waals surface area (Å²) < 4.78 is 13.7. The molecule has 3 N–H and O–H groups in total. The van der Waals surface area contributed by atoms with Crippen LogP contribution in [0.3, 0.4) is 0 Å². The first-order valence-electron chi connectivity index (χ1n) is 6.37. The zero-order valence-electron chi connectivity index (χ0n) is 10.4. The molecule has 1 aliphatic carbocycles. The second kappa shape index (κ2) is 6.23. The van der Waals surface area contributed by atoms with Gasteiger partial charge in [-0.3, -0.25) is 5.41 Å². The molecule has 0 aliphatic heterocycles. The predicted molar refractivity (Wildman–Crippen MR) is 75.5 cm³/mol. The minimum Gasteiger partial charge on any atom is -0.384 e. The monoisotopic (exact) mass is 266 g/mol. The summed E-state index contributed by atoms with van der Waals surface area (Å²) in [5, 5.41) is 7.26. The van der Waals surface area contributed by atoms with Crippen molar-refractivity contribution < 1.29 is 4.39 Å². The molecule has 1 aromatic rings. The molecule has 4 heteroatoms. The summed E-state index contributed by atoms with van der Waals surface area (Å²) in [7, 11) is 0. The summed E-state index contributed by atoms with van der Waals surface area (Å²) in [6, 6.07) is 4.82. The van der Waals surface area contributed by atoms with Gasteiger partial charge in [-0.05, 0) is 36.1 Å². The molecule has 0 spiro atoms. The molecule has 0 bridgehead atoms. The van der Waals surface area contributed by atoms with Gasteiger partial charge in [0.2, 0.25) is 0 Å². The number of hydrogen-bond donors (Lipinski definition) is 2. The lowest BCUT2D eigenvalue weighted by atomic mass is 10.1. The minimum absolute atomic E-state index is 0.0842. The van der Waals surface area contributed by atoms with Crippen molar-refractivity contribution in [3.8, 4) is 0 Å². The van der Waals surface area contributed by atoms with E-state index >= 15 is 0 Å². The largest absolute Gasteiger partial charge is 0.384 e. The topological polar surface area (TPSA) is 49.9 Å². The van der Waals surface area contributed by atoms with Crippen LogP contribution in [0.25, 0.3) is 0 Å². The third-order valence-corrected chi connectivity index (χ3v) is 4.67. The van der Waals surface area contributed by atoms with Crippen LogP contribution in [0.2, 0.25) is 0 Å². The van der Waals surface area contributed by atoms with Crippen molar-refractivity contribution >= 4 is 17.6 Å². The number of amidine groups is 1. The van der Waals surface area contributed by atoms with Crippen molar-refractivity contribution in [2.24, 2.45) is 11.7 Å². The van der Waals surface area contributed by atoms with Crippen molar-refractivity contribution in [3.63, 3.8) is 0 Å². The maximum absolute atomic E-state index is 13.7. The van der Waals surface area contributed by atoms with E-state index in [9.17, 15) is 4.39 Å². The third kappa shape index (κ3) is 3.48. The number of benzene rings is 1. The van der Waals surface area contributed by atoms with Gasteiger partial charge in [0.15, 0.2) is 0 Å². The molecule has 0 heterocycles. The summed E-state index contributed by atoms with van der Waals surface area (Å²) in [6.45, 7) is 0. The molecular weight excluding hydrogens is 247 g/mol. The SMILES string of the molecule is N=C(N)c1ccc(CSCC2CCCC2)c(F)c1. The Kier molecular flexibility index (Phi) is 4.64. The number of nitrogens with two attached hydrogens (primary N) is 1. The van der Waals surface area contributed by atoms with E-state index in [0.29, 0.717) is 16.9 Å². The van der Waals surface area contributed by atoms with E-state index in [2.05, 4.69) is 0 Å². The molecule has 1 saturated carbocycles. The van der Waals surface area contributed by atoms with E-state index in [0.717, 1.165) is 11.7 Å². The van der Waals surface area contributed by atoms with Crippen molar-refractivity contribution in [2.45, 2.75) is 31.4 Å². The first-order valence-corrected chi connectivity index (χ1v) is 7.53. The average molecular weight is 266 g/mol. The lowest BCUT2D eigenvalue weighted by molar-refractivity contribution is 0.614. The van der Waals surface area contributed by atoms with E-state index in [4.69, 9.17) is 11.1 Å². The molecule has 0 radical (unpaired) electrons. The van der Waals surface area contributed by atoms with Gasteiger partial charge >= 0.3 is 0 Å². The first kappa shape index (κ1) is 13.4. The fourth-order valence-corrected chi connectivity index (χ4v) is 3.58. The molecule has 2 rings (SSSR count). The fraction of sp³-hybridized carbons (Fsp3) is 0.500. The van der Waals surface area contributed by atoms with Gasteiger partial charge in [0.1, 0.15) is 11.7 Å². The van der Waals surface area contributed by atoms with Crippen molar-refractivity contribution in [3.05, 3.63) is 35.1 Å². The molecule has 1 aromatic carbocycles. The Morgan fingerprint density at radius 1 is 1.39 bits per heavy atom. The molecule has 0 amide bonds. The molecule has 2 nitrogen and oxygen atoms in total. The predicted octanol–water partition coefficient (Wildman–Crippen LogP) is 3.53. The number of halogens is 1. The Labute approximate surface area is 112 Å². The molecule has 18 heavy (non-hydrogen) atoms. The van der Waals surface area contributed by atoms with E-state index in [-0.39, 0.29) is 11.7 Å². The van der Waals surface area contributed by atoms with Gasteiger partial charge in [0.25, 0.3) is 0 Å². The second-order valence-electron chi connectivity index (χ2n) is 4.89. The molecule has 1 aliphatic rings. The molecule has 0 atom stereocenters. The molecular formula is C14H19FN2S. The third-order valence-electron chi connectivity index (χ3n) is 3.45. The number of hydrogen-bond acceptors (Lipinski definition) is 2. The Morgan fingerprint density at radius 3 is 2.72 bits per heavy atom. The normalized spacial score (nSPS) is 16.1. The highest BCUT2D eigenvalue weighted by Gasteiger charge is 2.15. The molecule has 0 unspecified atom stereocenters.